The lowest BCUT2D eigenvalue weighted by Gasteiger charge is -2.13. The molecule has 16 heavy (non-hydrogen) atoms. The first-order chi connectivity index (χ1) is 7.66. The van der Waals surface area contributed by atoms with Gasteiger partial charge in [-0.15, -0.1) is 0 Å². The van der Waals surface area contributed by atoms with Gasteiger partial charge in [0.05, 0.1) is 11.9 Å². The van der Waals surface area contributed by atoms with Crippen LogP contribution in [0, 0.1) is 0 Å². The van der Waals surface area contributed by atoms with Crippen LogP contribution in [0.1, 0.15) is 39.2 Å². The minimum absolute atomic E-state index is 0.270. The van der Waals surface area contributed by atoms with E-state index in [1.54, 1.807) is 6.20 Å². The summed E-state index contributed by atoms with van der Waals surface area (Å²) in [5.74, 6) is 0.902. The SMILES string of the molecule is CC(C)n1ncc(N)c1NCCCCCO. The third-order valence-electron chi connectivity index (χ3n) is 2.44. The minimum Gasteiger partial charge on any atom is -0.396 e. The zero-order valence-corrected chi connectivity index (χ0v) is 10.1. The van der Waals surface area contributed by atoms with Crippen molar-refractivity contribution in [2.45, 2.75) is 39.2 Å². The molecule has 1 rings (SSSR count). The Balaban J connectivity index is 2.43. The summed E-state index contributed by atoms with van der Waals surface area (Å²) in [7, 11) is 0. The number of nitrogens with zero attached hydrogens (tertiary/aromatic N) is 2. The van der Waals surface area contributed by atoms with Crippen LogP contribution in [0.25, 0.3) is 0 Å². The maximum absolute atomic E-state index is 8.66. The van der Waals surface area contributed by atoms with Gasteiger partial charge in [0.25, 0.3) is 0 Å². The lowest BCUT2D eigenvalue weighted by atomic mass is 10.2. The van der Waals surface area contributed by atoms with Crippen LogP contribution in [0.5, 0.6) is 0 Å². The average molecular weight is 226 g/mol. The Bertz CT molecular complexity index is 309. The highest BCUT2D eigenvalue weighted by Gasteiger charge is 2.09. The molecule has 0 fully saturated rings. The summed E-state index contributed by atoms with van der Waals surface area (Å²) in [5, 5.41) is 16.2. The van der Waals surface area contributed by atoms with Crippen molar-refractivity contribution in [2.24, 2.45) is 0 Å². The molecule has 1 heterocycles. The molecule has 0 aliphatic heterocycles. The van der Waals surface area contributed by atoms with Crippen molar-refractivity contribution >= 4 is 11.5 Å². The van der Waals surface area contributed by atoms with E-state index in [2.05, 4.69) is 24.3 Å². The van der Waals surface area contributed by atoms with Crippen LogP contribution in [-0.4, -0.2) is 28.0 Å². The van der Waals surface area contributed by atoms with E-state index in [0.29, 0.717) is 11.7 Å². The van der Waals surface area contributed by atoms with E-state index in [4.69, 9.17) is 10.8 Å². The number of hydrogen-bond acceptors (Lipinski definition) is 4. The van der Waals surface area contributed by atoms with Crippen molar-refractivity contribution in [3.63, 3.8) is 0 Å². The van der Waals surface area contributed by atoms with E-state index in [0.717, 1.165) is 31.6 Å². The normalized spacial score (nSPS) is 11.0. The molecule has 0 saturated heterocycles. The highest BCUT2D eigenvalue weighted by atomic mass is 16.2. The standard InChI is InChI=1S/C11H22N4O/c1-9(2)15-11(10(12)8-14-15)13-6-4-3-5-7-16/h8-9,13,16H,3-7,12H2,1-2H3. The van der Waals surface area contributed by atoms with Crippen molar-refractivity contribution in [3.05, 3.63) is 6.20 Å². The molecular formula is C11H22N4O. The Hall–Kier alpha value is -1.23. The van der Waals surface area contributed by atoms with E-state index in [1.165, 1.54) is 0 Å². The molecule has 1 aromatic heterocycles. The molecular weight excluding hydrogens is 204 g/mol. The molecule has 0 bridgehead atoms. The smallest absolute Gasteiger partial charge is 0.147 e. The predicted molar refractivity (Wildman–Crippen MR) is 66.5 cm³/mol. The molecule has 0 radical (unpaired) electrons. The molecule has 0 aliphatic carbocycles. The van der Waals surface area contributed by atoms with E-state index in [1.807, 2.05) is 4.68 Å². The van der Waals surface area contributed by atoms with E-state index in [9.17, 15) is 0 Å². The highest BCUT2D eigenvalue weighted by molar-refractivity contribution is 5.60. The molecule has 5 nitrogen and oxygen atoms in total. The number of aromatic nitrogens is 2. The molecule has 92 valence electrons. The first kappa shape index (κ1) is 12.8. The highest BCUT2D eigenvalue weighted by Crippen LogP contribution is 2.21. The van der Waals surface area contributed by atoms with Gasteiger partial charge in [0, 0.05) is 19.2 Å². The summed E-state index contributed by atoms with van der Waals surface area (Å²) in [6.07, 6.45) is 4.60. The number of rotatable bonds is 7. The summed E-state index contributed by atoms with van der Waals surface area (Å²) in [5.41, 5.74) is 6.52. The molecule has 0 saturated carbocycles. The van der Waals surface area contributed by atoms with Gasteiger partial charge in [-0.25, -0.2) is 4.68 Å². The number of nitrogen functional groups attached to an aromatic ring is 1. The third kappa shape index (κ3) is 3.41. The van der Waals surface area contributed by atoms with Crippen LogP contribution < -0.4 is 11.1 Å². The van der Waals surface area contributed by atoms with Gasteiger partial charge in [-0.05, 0) is 33.1 Å². The van der Waals surface area contributed by atoms with Crippen LogP contribution in [-0.2, 0) is 0 Å². The molecule has 5 heteroatoms. The van der Waals surface area contributed by atoms with Crippen LogP contribution in [0.2, 0.25) is 0 Å². The molecule has 0 aliphatic rings. The lowest BCUT2D eigenvalue weighted by Crippen LogP contribution is -2.12. The Morgan fingerprint density at radius 1 is 1.44 bits per heavy atom. The van der Waals surface area contributed by atoms with Gasteiger partial charge in [0.15, 0.2) is 0 Å². The fourth-order valence-corrected chi connectivity index (χ4v) is 1.57. The van der Waals surface area contributed by atoms with Crippen molar-refractivity contribution in [2.75, 3.05) is 24.2 Å². The second-order valence-electron chi connectivity index (χ2n) is 4.20. The number of nitrogens with two attached hydrogens (primary N) is 1. The summed E-state index contributed by atoms with van der Waals surface area (Å²) in [6.45, 7) is 5.28. The van der Waals surface area contributed by atoms with Gasteiger partial charge in [0.2, 0.25) is 0 Å². The molecule has 1 aromatic rings. The third-order valence-corrected chi connectivity index (χ3v) is 2.44. The zero-order chi connectivity index (χ0) is 12.0. The van der Waals surface area contributed by atoms with Crippen molar-refractivity contribution in [3.8, 4) is 0 Å². The van der Waals surface area contributed by atoms with Gasteiger partial charge in [0.1, 0.15) is 5.82 Å². The Labute approximate surface area is 96.6 Å². The first-order valence-corrected chi connectivity index (χ1v) is 5.84. The fourth-order valence-electron chi connectivity index (χ4n) is 1.57. The van der Waals surface area contributed by atoms with Gasteiger partial charge >= 0.3 is 0 Å². The number of unbranched alkanes of at least 4 members (excludes halogenated alkanes) is 2. The Kier molecular flexibility index (Phi) is 5.11. The van der Waals surface area contributed by atoms with Crippen molar-refractivity contribution in [1.82, 2.24) is 9.78 Å². The van der Waals surface area contributed by atoms with Crippen LogP contribution in [0.4, 0.5) is 11.5 Å². The fraction of sp³-hybridized carbons (Fsp3) is 0.727. The van der Waals surface area contributed by atoms with Crippen molar-refractivity contribution in [1.29, 1.82) is 0 Å². The monoisotopic (exact) mass is 226 g/mol. The van der Waals surface area contributed by atoms with E-state index in [-0.39, 0.29) is 6.61 Å². The molecule has 4 N–H and O–H groups in total. The molecule has 0 amide bonds. The van der Waals surface area contributed by atoms with Gasteiger partial charge in [-0.2, -0.15) is 5.10 Å². The second-order valence-corrected chi connectivity index (χ2v) is 4.20. The van der Waals surface area contributed by atoms with Gasteiger partial charge < -0.3 is 16.2 Å². The number of nitrogens with one attached hydrogen (secondary N) is 1. The summed E-state index contributed by atoms with van der Waals surface area (Å²) >= 11 is 0. The molecule has 0 spiro atoms. The lowest BCUT2D eigenvalue weighted by molar-refractivity contribution is 0.283. The average Bonchev–Trinajstić information content (AvgIpc) is 2.60. The number of anilines is 2. The summed E-state index contributed by atoms with van der Waals surface area (Å²) in [4.78, 5) is 0. The van der Waals surface area contributed by atoms with Crippen LogP contribution in [0.15, 0.2) is 6.20 Å². The quantitative estimate of drug-likeness (QED) is 0.617. The Morgan fingerprint density at radius 2 is 2.19 bits per heavy atom. The predicted octanol–water partition coefficient (Wildman–Crippen LogP) is 1.62. The summed E-state index contributed by atoms with van der Waals surface area (Å²) in [6, 6.07) is 0.303. The number of aliphatic hydroxyl groups excluding tert-OH is 1. The topological polar surface area (TPSA) is 76.1 Å². The molecule has 0 unspecified atom stereocenters. The van der Waals surface area contributed by atoms with Gasteiger partial charge in [-0.1, -0.05) is 0 Å². The summed E-state index contributed by atoms with van der Waals surface area (Å²) < 4.78 is 1.89. The number of hydrogen-bond donors (Lipinski definition) is 3. The van der Waals surface area contributed by atoms with Crippen LogP contribution >= 0.6 is 0 Å². The molecule has 0 atom stereocenters. The van der Waals surface area contributed by atoms with Crippen LogP contribution in [0.3, 0.4) is 0 Å². The second kappa shape index (κ2) is 6.37. The van der Waals surface area contributed by atoms with Crippen molar-refractivity contribution < 1.29 is 5.11 Å². The largest absolute Gasteiger partial charge is 0.396 e. The first-order valence-electron chi connectivity index (χ1n) is 5.84. The molecule has 0 aromatic carbocycles. The van der Waals surface area contributed by atoms with Gasteiger partial charge in [-0.3, -0.25) is 0 Å². The van der Waals surface area contributed by atoms with E-state index < -0.39 is 0 Å². The maximum Gasteiger partial charge on any atom is 0.147 e. The zero-order valence-electron chi connectivity index (χ0n) is 10.1. The maximum atomic E-state index is 8.66. The number of aliphatic hydroxyl groups is 1. The van der Waals surface area contributed by atoms with E-state index >= 15 is 0 Å². The minimum atomic E-state index is 0.270. The Morgan fingerprint density at radius 3 is 2.81 bits per heavy atom.